The van der Waals surface area contributed by atoms with Gasteiger partial charge in [0.25, 0.3) is 0 Å². The topological polar surface area (TPSA) is 76.3 Å². The third-order valence-electron chi connectivity index (χ3n) is 7.07. The maximum absolute atomic E-state index is 11.2. The average Bonchev–Trinajstić information content (AvgIpc) is 3.48. The van der Waals surface area contributed by atoms with Crippen LogP contribution in [0.3, 0.4) is 0 Å². The minimum Gasteiger partial charge on any atom is -0.497 e. The van der Waals surface area contributed by atoms with Gasteiger partial charge in [0.05, 0.1) is 34.1 Å². The second kappa shape index (κ2) is 8.62. The number of rotatable bonds is 5. The lowest BCUT2D eigenvalue weighted by Crippen LogP contribution is -2.38. The Morgan fingerprint density at radius 2 is 1.97 bits per heavy atom. The molecule has 1 N–H and O–H groups in total. The van der Waals surface area contributed by atoms with Gasteiger partial charge in [-0.05, 0) is 46.5 Å². The quantitative estimate of drug-likeness (QED) is 0.468. The molecule has 0 amide bonds. The number of ether oxygens (including phenoxy) is 1. The number of aromatic nitrogens is 4. The van der Waals surface area contributed by atoms with Crippen LogP contribution in [0.15, 0.2) is 41.1 Å². The predicted octanol–water partition coefficient (Wildman–Crippen LogP) is 4.30. The molecular formula is C24H29BrClN5O2Si. The lowest BCUT2D eigenvalue weighted by molar-refractivity contribution is 0.127. The second-order valence-electron chi connectivity index (χ2n) is 10.5. The van der Waals surface area contributed by atoms with Gasteiger partial charge in [-0.1, -0.05) is 48.6 Å². The van der Waals surface area contributed by atoms with E-state index in [-0.39, 0.29) is 11.5 Å². The molecule has 7 nitrogen and oxygen atoms in total. The van der Waals surface area contributed by atoms with Gasteiger partial charge in [0, 0.05) is 36.5 Å². The zero-order chi connectivity index (χ0) is 24.3. The molecule has 10 heteroatoms. The summed E-state index contributed by atoms with van der Waals surface area (Å²) in [6.07, 6.45) is 4.59. The van der Waals surface area contributed by atoms with Gasteiger partial charge in [0.2, 0.25) is 0 Å². The molecule has 1 spiro atoms. The summed E-state index contributed by atoms with van der Waals surface area (Å²) in [6.45, 7) is 8.19. The molecule has 0 unspecified atom stereocenters. The highest BCUT2D eigenvalue weighted by atomic mass is 79.9. The number of halogens is 2. The van der Waals surface area contributed by atoms with Crippen molar-refractivity contribution in [3.8, 4) is 5.75 Å². The molecule has 2 aliphatic rings. The molecule has 3 aromatic rings. The van der Waals surface area contributed by atoms with Gasteiger partial charge < -0.3 is 14.7 Å². The molecule has 1 aliphatic heterocycles. The maximum atomic E-state index is 11.2. The zero-order valence-electron chi connectivity index (χ0n) is 19.8. The maximum Gasteiger partial charge on any atom is 0.134 e. The molecule has 0 bridgehead atoms. The van der Waals surface area contributed by atoms with Crippen molar-refractivity contribution >= 4 is 46.7 Å². The summed E-state index contributed by atoms with van der Waals surface area (Å²) in [5.41, 5.74) is 1.87. The molecule has 2 aromatic heterocycles. The SMILES string of the molecule is COc1ccc(CN2C[C@]3(C[C@H](O)[C@@H](n4cc([Si](C)(C)C)nn4)C3)c3c2ncc(Br)c3Cl)cc1. The van der Waals surface area contributed by atoms with E-state index in [1.165, 1.54) is 0 Å². The average molecular weight is 563 g/mol. The number of fused-ring (bicyclic) bond motifs is 2. The third-order valence-corrected chi connectivity index (χ3v) is 10.1. The Labute approximate surface area is 214 Å². The lowest BCUT2D eigenvalue weighted by atomic mass is 9.81. The Morgan fingerprint density at radius 3 is 2.62 bits per heavy atom. The highest BCUT2D eigenvalue weighted by Crippen LogP contribution is 2.56. The number of methoxy groups -OCH3 is 1. The minimum atomic E-state index is -1.59. The van der Waals surface area contributed by atoms with Crippen LogP contribution in [0.2, 0.25) is 24.7 Å². The predicted molar refractivity (Wildman–Crippen MR) is 140 cm³/mol. The lowest BCUT2D eigenvalue weighted by Gasteiger charge is -2.26. The molecule has 1 fully saturated rings. The summed E-state index contributed by atoms with van der Waals surface area (Å²) in [5.74, 6) is 1.72. The monoisotopic (exact) mass is 561 g/mol. The molecule has 1 aromatic carbocycles. The van der Waals surface area contributed by atoms with Gasteiger partial charge in [-0.25, -0.2) is 9.67 Å². The van der Waals surface area contributed by atoms with Crippen molar-refractivity contribution in [3.05, 3.63) is 57.3 Å². The van der Waals surface area contributed by atoms with Crippen molar-refractivity contribution in [2.45, 2.75) is 56.6 Å². The van der Waals surface area contributed by atoms with Gasteiger partial charge in [-0.15, -0.1) is 5.10 Å². The Hall–Kier alpha value is -1.94. The first-order valence-corrected chi connectivity index (χ1v) is 16.1. The number of hydrogen-bond donors (Lipinski definition) is 1. The van der Waals surface area contributed by atoms with Gasteiger partial charge in [-0.3, -0.25) is 0 Å². The van der Waals surface area contributed by atoms with Crippen molar-refractivity contribution < 1.29 is 9.84 Å². The smallest absolute Gasteiger partial charge is 0.134 e. The van der Waals surface area contributed by atoms with Crippen LogP contribution in [-0.4, -0.2) is 52.9 Å². The largest absolute Gasteiger partial charge is 0.497 e. The van der Waals surface area contributed by atoms with Crippen LogP contribution in [0.5, 0.6) is 5.75 Å². The van der Waals surface area contributed by atoms with E-state index in [9.17, 15) is 5.11 Å². The van der Waals surface area contributed by atoms with Crippen LogP contribution < -0.4 is 15.0 Å². The van der Waals surface area contributed by atoms with Crippen molar-refractivity contribution in [1.82, 2.24) is 20.0 Å². The summed E-state index contributed by atoms with van der Waals surface area (Å²) < 4.78 is 7.95. The van der Waals surface area contributed by atoms with Crippen molar-refractivity contribution in [2.24, 2.45) is 0 Å². The fourth-order valence-corrected chi connectivity index (χ4v) is 6.81. The highest BCUT2D eigenvalue weighted by molar-refractivity contribution is 9.10. The first-order chi connectivity index (χ1) is 16.1. The van der Waals surface area contributed by atoms with Crippen LogP contribution in [0, 0.1) is 0 Å². The molecule has 0 radical (unpaired) electrons. The van der Waals surface area contributed by atoms with Crippen molar-refractivity contribution in [2.75, 3.05) is 18.6 Å². The summed E-state index contributed by atoms with van der Waals surface area (Å²) in [7, 11) is 0.0782. The number of aliphatic hydroxyl groups excluding tert-OH is 1. The van der Waals surface area contributed by atoms with E-state index >= 15 is 0 Å². The zero-order valence-corrected chi connectivity index (χ0v) is 23.1. The molecule has 5 rings (SSSR count). The molecule has 1 saturated carbocycles. The number of nitrogens with zero attached hydrogens (tertiary/aromatic N) is 5. The third kappa shape index (κ3) is 4.06. The molecule has 34 heavy (non-hydrogen) atoms. The van der Waals surface area contributed by atoms with E-state index in [0.29, 0.717) is 18.0 Å². The van der Waals surface area contributed by atoms with Crippen LogP contribution in [0.4, 0.5) is 5.82 Å². The van der Waals surface area contributed by atoms with Gasteiger partial charge in [0.15, 0.2) is 0 Å². The van der Waals surface area contributed by atoms with E-state index in [4.69, 9.17) is 21.3 Å². The van der Waals surface area contributed by atoms with E-state index in [2.05, 4.69) is 62.9 Å². The first kappa shape index (κ1) is 23.8. The van der Waals surface area contributed by atoms with Crippen LogP contribution in [0.25, 0.3) is 0 Å². The Bertz CT molecular complexity index is 1220. The van der Waals surface area contributed by atoms with Crippen molar-refractivity contribution in [3.63, 3.8) is 0 Å². The molecule has 1 aliphatic carbocycles. The first-order valence-electron chi connectivity index (χ1n) is 11.4. The summed E-state index contributed by atoms with van der Waals surface area (Å²) in [5, 5.41) is 21.8. The Kier molecular flexibility index (Phi) is 6.03. The fourth-order valence-electron chi connectivity index (χ4n) is 5.31. The van der Waals surface area contributed by atoms with E-state index < -0.39 is 14.2 Å². The van der Waals surface area contributed by atoms with Crippen LogP contribution in [-0.2, 0) is 12.0 Å². The van der Waals surface area contributed by atoms with Crippen molar-refractivity contribution in [1.29, 1.82) is 0 Å². The van der Waals surface area contributed by atoms with E-state index in [0.717, 1.165) is 45.4 Å². The second-order valence-corrected chi connectivity index (χ2v) is 16.7. The molecule has 0 saturated heterocycles. The van der Waals surface area contributed by atoms with E-state index in [1.54, 1.807) is 13.3 Å². The standard InChI is InChI=1S/C24H29BrClN5O2Si/c1-33-16-7-5-15(6-8-16)12-30-14-24(21-22(26)17(25)11-27-23(21)30)9-18(19(32)10-24)31-13-20(28-29-31)34(2,3)4/h5-8,11,13,18-19,32H,9-10,12,14H2,1-4H3/t18-,19-,24-/m0/s1. The molecular weight excluding hydrogens is 534 g/mol. The molecule has 180 valence electrons. The van der Waals surface area contributed by atoms with Gasteiger partial charge >= 0.3 is 0 Å². The van der Waals surface area contributed by atoms with Crippen LogP contribution >= 0.6 is 27.5 Å². The normalized spacial score (nSPS) is 24.1. The highest BCUT2D eigenvalue weighted by Gasteiger charge is 2.54. The number of aliphatic hydroxyl groups is 1. The molecule has 3 atom stereocenters. The number of anilines is 1. The van der Waals surface area contributed by atoms with E-state index in [1.807, 2.05) is 23.0 Å². The summed E-state index contributed by atoms with van der Waals surface area (Å²) >= 11 is 10.5. The molecule has 3 heterocycles. The Balaban J connectivity index is 1.49. The summed E-state index contributed by atoms with van der Waals surface area (Å²) in [6, 6.07) is 7.94. The fraction of sp³-hybridized carbons (Fsp3) is 0.458. The van der Waals surface area contributed by atoms with Gasteiger partial charge in [0.1, 0.15) is 19.6 Å². The number of hydrogen-bond acceptors (Lipinski definition) is 6. The van der Waals surface area contributed by atoms with Gasteiger partial charge in [-0.2, -0.15) is 0 Å². The van der Waals surface area contributed by atoms with Crippen LogP contribution in [0.1, 0.15) is 30.0 Å². The minimum absolute atomic E-state index is 0.151. The summed E-state index contributed by atoms with van der Waals surface area (Å²) in [4.78, 5) is 7.05. The number of pyridine rings is 1. The number of benzene rings is 1. The Morgan fingerprint density at radius 1 is 1.24 bits per heavy atom.